The highest BCUT2D eigenvalue weighted by molar-refractivity contribution is 5.78. The van der Waals surface area contributed by atoms with Crippen molar-refractivity contribution in [2.45, 2.75) is 6.61 Å². The lowest BCUT2D eigenvalue weighted by Gasteiger charge is -2.21. The molecule has 0 amide bonds. The quantitative estimate of drug-likeness (QED) is 0.780. The van der Waals surface area contributed by atoms with Gasteiger partial charge in [0, 0.05) is 22.8 Å². The molecule has 1 aliphatic heterocycles. The van der Waals surface area contributed by atoms with Crippen LogP contribution in [0.25, 0.3) is 22.3 Å². The van der Waals surface area contributed by atoms with E-state index in [1.807, 2.05) is 0 Å². The van der Waals surface area contributed by atoms with Crippen LogP contribution in [0.5, 0.6) is 11.8 Å². The van der Waals surface area contributed by atoms with Gasteiger partial charge in [-0.15, -0.1) is 5.10 Å². The predicted molar refractivity (Wildman–Crippen MR) is 86.0 cm³/mol. The molecule has 7 heteroatoms. The number of anilines is 1. The van der Waals surface area contributed by atoms with Gasteiger partial charge in [0.05, 0.1) is 13.3 Å². The molecule has 0 aliphatic carbocycles. The van der Waals surface area contributed by atoms with Crippen molar-refractivity contribution < 1.29 is 13.9 Å². The highest BCUT2D eigenvalue weighted by Crippen LogP contribution is 2.39. The van der Waals surface area contributed by atoms with Crippen LogP contribution in [0, 0.1) is 5.82 Å². The molecule has 0 saturated carbocycles. The van der Waals surface area contributed by atoms with E-state index in [4.69, 9.17) is 15.2 Å². The molecule has 0 radical (unpaired) electrons. The Labute approximate surface area is 137 Å². The van der Waals surface area contributed by atoms with Crippen LogP contribution in [-0.2, 0) is 6.61 Å². The molecule has 0 spiro atoms. The maximum atomic E-state index is 14.7. The smallest absolute Gasteiger partial charge is 0.233 e. The summed E-state index contributed by atoms with van der Waals surface area (Å²) < 4.78 is 25.4. The topological polar surface area (TPSA) is 83.2 Å². The van der Waals surface area contributed by atoms with Crippen molar-refractivity contribution in [1.29, 1.82) is 0 Å². The predicted octanol–water partition coefficient (Wildman–Crippen LogP) is 2.83. The summed E-state index contributed by atoms with van der Waals surface area (Å²) in [5, 5.41) is 7.63. The van der Waals surface area contributed by atoms with E-state index in [9.17, 15) is 4.39 Å². The van der Waals surface area contributed by atoms with Gasteiger partial charge in [0.25, 0.3) is 0 Å². The first-order valence-corrected chi connectivity index (χ1v) is 7.25. The molecule has 0 unspecified atom stereocenters. The van der Waals surface area contributed by atoms with Crippen molar-refractivity contribution in [3.8, 4) is 34.0 Å². The summed E-state index contributed by atoms with van der Waals surface area (Å²) in [6.07, 6.45) is 1.49. The Balaban J connectivity index is 1.85. The Hall–Kier alpha value is -3.22. The molecule has 3 heterocycles. The average Bonchev–Trinajstić information content (AvgIpc) is 2.61. The maximum absolute atomic E-state index is 14.7. The molecule has 0 saturated heterocycles. The summed E-state index contributed by atoms with van der Waals surface area (Å²) in [5.74, 6) is 0.741. The lowest BCUT2D eigenvalue weighted by atomic mass is 9.94. The number of methoxy groups -OCH3 is 1. The molecule has 0 fully saturated rings. The number of hydrogen-bond donors (Lipinski definition) is 1. The highest BCUT2D eigenvalue weighted by atomic mass is 19.1. The summed E-state index contributed by atoms with van der Waals surface area (Å²) >= 11 is 0. The fraction of sp³-hybridized carbons (Fsp3) is 0.118. The number of pyridine rings is 1. The summed E-state index contributed by atoms with van der Waals surface area (Å²) in [7, 11) is 1.49. The standard InChI is InChI=1S/C17H13FN4O2/c1-23-16-5-9(7-20-22-16)13-4-10-8-24-17-11(2-3-15(19)21-17)12(10)6-14(13)18/h2-7H,8H2,1H3,(H2,19,21). The SMILES string of the molecule is COc1cc(-c2cc3c(cc2F)-c2ccc(N)nc2OC3)cnn1. The van der Waals surface area contributed by atoms with Gasteiger partial charge in [-0.1, -0.05) is 0 Å². The molecule has 24 heavy (non-hydrogen) atoms. The van der Waals surface area contributed by atoms with Crippen LogP contribution in [0.3, 0.4) is 0 Å². The van der Waals surface area contributed by atoms with Crippen LogP contribution >= 0.6 is 0 Å². The number of nitrogens with two attached hydrogens (primary N) is 1. The fourth-order valence-electron chi connectivity index (χ4n) is 2.72. The summed E-state index contributed by atoms with van der Waals surface area (Å²) in [6, 6.07) is 8.32. The molecule has 2 N–H and O–H groups in total. The zero-order chi connectivity index (χ0) is 16.7. The van der Waals surface area contributed by atoms with Gasteiger partial charge in [-0.05, 0) is 35.4 Å². The van der Waals surface area contributed by atoms with Gasteiger partial charge in [0.2, 0.25) is 11.8 Å². The van der Waals surface area contributed by atoms with Crippen LogP contribution < -0.4 is 15.2 Å². The van der Waals surface area contributed by atoms with Gasteiger partial charge in [0.15, 0.2) is 0 Å². The molecule has 0 atom stereocenters. The van der Waals surface area contributed by atoms with Gasteiger partial charge in [-0.2, -0.15) is 10.1 Å². The van der Waals surface area contributed by atoms with Crippen molar-refractivity contribution in [3.05, 3.63) is 47.9 Å². The zero-order valence-electron chi connectivity index (χ0n) is 12.8. The first-order chi connectivity index (χ1) is 11.7. The van der Waals surface area contributed by atoms with E-state index in [1.54, 1.807) is 24.3 Å². The molecule has 4 rings (SSSR count). The van der Waals surface area contributed by atoms with Gasteiger partial charge >= 0.3 is 0 Å². The number of nitrogen functional groups attached to an aromatic ring is 1. The fourth-order valence-corrected chi connectivity index (χ4v) is 2.72. The lowest BCUT2D eigenvalue weighted by Crippen LogP contribution is -2.09. The second-order valence-corrected chi connectivity index (χ2v) is 5.35. The highest BCUT2D eigenvalue weighted by Gasteiger charge is 2.22. The molecule has 1 aliphatic rings. The Bertz CT molecular complexity index is 946. The third-order valence-electron chi connectivity index (χ3n) is 3.88. The monoisotopic (exact) mass is 324 g/mol. The van der Waals surface area contributed by atoms with E-state index in [2.05, 4.69) is 15.2 Å². The van der Waals surface area contributed by atoms with Gasteiger partial charge in [0.1, 0.15) is 18.2 Å². The summed E-state index contributed by atoms with van der Waals surface area (Å²) in [4.78, 5) is 4.14. The van der Waals surface area contributed by atoms with Gasteiger partial charge in [-0.25, -0.2) is 4.39 Å². The van der Waals surface area contributed by atoms with E-state index >= 15 is 0 Å². The minimum Gasteiger partial charge on any atom is -0.480 e. The van der Waals surface area contributed by atoms with Crippen molar-refractivity contribution in [2.75, 3.05) is 12.8 Å². The number of benzene rings is 1. The summed E-state index contributed by atoms with van der Waals surface area (Å²) in [6.45, 7) is 0.293. The zero-order valence-corrected chi connectivity index (χ0v) is 12.8. The van der Waals surface area contributed by atoms with Crippen LogP contribution in [0.15, 0.2) is 36.5 Å². The van der Waals surface area contributed by atoms with Gasteiger partial charge < -0.3 is 15.2 Å². The molecular formula is C17H13FN4O2. The van der Waals surface area contributed by atoms with E-state index in [1.165, 1.54) is 19.4 Å². The van der Waals surface area contributed by atoms with Crippen molar-refractivity contribution in [1.82, 2.24) is 15.2 Å². The molecule has 2 aromatic heterocycles. The maximum Gasteiger partial charge on any atom is 0.233 e. The van der Waals surface area contributed by atoms with E-state index in [-0.39, 0.29) is 5.82 Å². The number of aromatic nitrogens is 3. The summed E-state index contributed by atoms with van der Waals surface area (Å²) in [5.41, 5.74) is 9.00. The normalized spacial score (nSPS) is 12.1. The van der Waals surface area contributed by atoms with Crippen LogP contribution in [0.1, 0.15) is 5.56 Å². The molecule has 0 bridgehead atoms. The molecule has 3 aromatic rings. The number of rotatable bonds is 2. The number of nitrogens with zero attached hydrogens (tertiary/aromatic N) is 3. The van der Waals surface area contributed by atoms with Crippen molar-refractivity contribution >= 4 is 5.82 Å². The largest absolute Gasteiger partial charge is 0.480 e. The number of fused-ring (bicyclic) bond motifs is 3. The van der Waals surface area contributed by atoms with Gasteiger partial charge in [-0.3, -0.25) is 0 Å². The average molecular weight is 324 g/mol. The number of ether oxygens (including phenoxy) is 2. The lowest BCUT2D eigenvalue weighted by molar-refractivity contribution is 0.290. The third-order valence-corrected chi connectivity index (χ3v) is 3.88. The molecular weight excluding hydrogens is 311 g/mol. The van der Waals surface area contributed by atoms with E-state index < -0.39 is 0 Å². The van der Waals surface area contributed by atoms with Crippen molar-refractivity contribution in [2.24, 2.45) is 0 Å². The van der Waals surface area contributed by atoms with Crippen LogP contribution in [-0.4, -0.2) is 22.3 Å². The van der Waals surface area contributed by atoms with E-state index in [0.717, 1.165) is 16.7 Å². The Morgan fingerprint density at radius 1 is 1.17 bits per heavy atom. The Kier molecular flexibility index (Phi) is 3.26. The first-order valence-electron chi connectivity index (χ1n) is 7.25. The van der Waals surface area contributed by atoms with E-state index in [0.29, 0.717) is 35.3 Å². The number of halogens is 1. The number of hydrogen-bond acceptors (Lipinski definition) is 6. The minimum atomic E-state index is -0.367. The molecule has 6 nitrogen and oxygen atoms in total. The minimum absolute atomic E-state index is 0.293. The second-order valence-electron chi connectivity index (χ2n) is 5.35. The molecule has 120 valence electrons. The van der Waals surface area contributed by atoms with Crippen LogP contribution in [0.4, 0.5) is 10.2 Å². The van der Waals surface area contributed by atoms with Crippen LogP contribution in [0.2, 0.25) is 0 Å². The third kappa shape index (κ3) is 2.30. The Morgan fingerprint density at radius 2 is 2.04 bits per heavy atom. The first kappa shape index (κ1) is 14.4. The Morgan fingerprint density at radius 3 is 2.88 bits per heavy atom. The second kappa shape index (κ2) is 5.45. The molecule has 1 aromatic carbocycles. The van der Waals surface area contributed by atoms with Crippen molar-refractivity contribution in [3.63, 3.8) is 0 Å².